The second-order valence-electron chi connectivity index (χ2n) is 4.98. The minimum absolute atomic E-state index is 0.0431. The van der Waals surface area contributed by atoms with Gasteiger partial charge < -0.3 is 10.6 Å². The molecule has 110 valence electrons. The lowest BCUT2D eigenvalue weighted by Crippen LogP contribution is -2.39. The van der Waals surface area contributed by atoms with Gasteiger partial charge in [-0.1, -0.05) is 6.07 Å². The summed E-state index contributed by atoms with van der Waals surface area (Å²) in [5.74, 6) is 0.462. The summed E-state index contributed by atoms with van der Waals surface area (Å²) < 4.78 is 22.6. The summed E-state index contributed by atoms with van der Waals surface area (Å²) in [4.78, 5) is 15.7. The Hall–Kier alpha value is -1.63. The number of nitrogens with zero attached hydrogens (tertiary/aromatic N) is 1. The third-order valence-corrected chi connectivity index (χ3v) is 5.11. The van der Waals surface area contributed by atoms with Crippen molar-refractivity contribution in [3.8, 4) is 0 Å². The average Bonchev–Trinajstić information content (AvgIpc) is 2.77. The Labute approximate surface area is 118 Å². The molecule has 0 spiro atoms. The lowest BCUT2D eigenvalue weighted by molar-refractivity contribution is 0.239. The predicted molar refractivity (Wildman–Crippen MR) is 76.1 cm³/mol. The van der Waals surface area contributed by atoms with Gasteiger partial charge >= 0.3 is 6.03 Å². The van der Waals surface area contributed by atoms with Gasteiger partial charge in [-0.25, -0.2) is 13.2 Å². The summed E-state index contributed by atoms with van der Waals surface area (Å²) in [5.41, 5.74) is 0.926. The first-order chi connectivity index (χ1) is 9.55. The zero-order valence-corrected chi connectivity index (χ0v) is 12.0. The second kappa shape index (κ2) is 6.69. The van der Waals surface area contributed by atoms with E-state index in [1.807, 2.05) is 18.2 Å². The molecule has 20 heavy (non-hydrogen) atoms. The first-order valence-electron chi connectivity index (χ1n) is 6.67. The molecule has 0 radical (unpaired) electrons. The summed E-state index contributed by atoms with van der Waals surface area (Å²) in [7, 11) is -2.88. The van der Waals surface area contributed by atoms with Crippen molar-refractivity contribution in [2.24, 2.45) is 5.92 Å². The third kappa shape index (κ3) is 4.80. The van der Waals surface area contributed by atoms with E-state index in [1.54, 1.807) is 6.20 Å². The molecule has 0 aliphatic carbocycles. The molecule has 0 bridgehead atoms. The molecule has 0 aromatic carbocycles. The molecule has 1 aliphatic heterocycles. The van der Waals surface area contributed by atoms with E-state index in [0.717, 1.165) is 5.69 Å². The van der Waals surface area contributed by atoms with Crippen molar-refractivity contribution in [3.63, 3.8) is 0 Å². The van der Waals surface area contributed by atoms with Crippen LogP contribution in [0.3, 0.4) is 0 Å². The molecule has 0 saturated carbocycles. The highest BCUT2D eigenvalue weighted by atomic mass is 32.2. The second-order valence-corrected chi connectivity index (χ2v) is 7.21. The van der Waals surface area contributed by atoms with Crippen LogP contribution in [0, 0.1) is 5.92 Å². The molecule has 1 fully saturated rings. The lowest BCUT2D eigenvalue weighted by atomic mass is 10.1. The van der Waals surface area contributed by atoms with Crippen LogP contribution in [-0.4, -0.2) is 44.0 Å². The van der Waals surface area contributed by atoms with Crippen LogP contribution in [0.5, 0.6) is 0 Å². The van der Waals surface area contributed by atoms with E-state index >= 15 is 0 Å². The molecular formula is C13H19N3O3S. The summed E-state index contributed by atoms with van der Waals surface area (Å²) in [6.45, 7) is 0.917. The Kier molecular flexibility index (Phi) is 4.94. The minimum Gasteiger partial charge on any atom is -0.338 e. The Bertz CT molecular complexity index is 545. The van der Waals surface area contributed by atoms with Gasteiger partial charge in [0.2, 0.25) is 0 Å². The first-order valence-corrected chi connectivity index (χ1v) is 8.49. The first kappa shape index (κ1) is 14.8. The van der Waals surface area contributed by atoms with Gasteiger partial charge in [0.05, 0.1) is 11.5 Å². The number of urea groups is 1. The van der Waals surface area contributed by atoms with Crippen molar-refractivity contribution in [3.05, 3.63) is 30.1 Å². The number of pyridine rings is 1. The fourth-order valence-corrected chi connectivity index (χ4v) is 4.04. The monoisotopic (exact) mass is 297 g/mol. The molecule has 1 aliphatic rings. The molecule has 1 aromatic heterocycles. The topological polar surface area (TPSA) is 88.2 Å². The zero-order valence-electron chi connectivity index (χ0n) is 11.2. The van der Waals surface area contributed by atoms with Crippen LogP contribution in [0.4, 0.5) is 4.79 Å². The van der Waals surface area contributed by atoms with E-state index in [-0.39, 0.29) is 23.5 Å². The van der Waals surface area contributed by atoms with Crippen molar-refractivity contribution >= 4 is 15.9 Å². The molecule has 7 heteroatoms. The van der Waals surface area contributed by atoms with E-state index in [9.17, 15) is 13.2 Å². The molecule has 2 heterocycles. The van der Waals surface area contributed by atoms with Gasteiger partial charge in [-0.15, -0.1) is 0 Å². The van der Waals surface area contributed by atoms with Crippen molar-refractivity contribution in [1.29, 1.82) is 0 Å². The molecule has 2 N–H and O–H groups in total. The van der Waals surface area contributed by atoms with E-state index in [4.69, 9.17) is 0 Å². The number of hydrogen-bond acceptors (Lipinski definition) is 4. The minimum atomic E-state index is -2.88. The maximum absolute atomic E-state index is 11.6. The van der Waals surface area contributed by atoms with Gasteiger partial charge in [0, 0.05) is 31.4 Å². The van der Waals surface area contributed by atoms with Gasteiger partial charge in [-0.2, -0.15) is 0 Å². The summed E-state index contributed by atoms with van der Waals surface area (Å²) in [6.07, 6.45) is 3.03. The maximum Gasteiger partial charge on any atom is 0.314 e. The van der Waals surface area contributed by atoms with Crippen LogP contribution in [0.25, 0.3) is 0 Å². The number of amides is 2. The number of sulfone groups is 1. The fourth-order valence-electron chi connectivity index (χ4n) is 2.18. The quantitative estimate of drug-likeness (QED) is 0.821. The highest BCUT2D eigenvalue weighted by molar-refractivity contribution is 7.91. The molecular weight excluding hydrogens is 278 g/mol. The molecule has 0 unspecified atom stereocenters. The molecule has 2 rings (SSSR count). The van der Waals surface area contributed by atoms with Gasteiger partial charge in [-0.3, -0.25) is 4.98 Å². The van der Waals surface area contributed by atoms with E-state index in [0.29, 0.717) is 25.9 Å². The van der Waals surface area contributed by atoms with Crippen molar-refractivity contribution < 1.29 is 13.2 Å². The normalized spacial score (nSPS) is 20.5. The van der Waals surface area contributed by atoms with Crippen molar-refractivity contribution in [2.75, 3.05) is 24.6 Å². The standard InChI is InChI=1S/C13H19N3O3S/c17-13(15-7-4-12-3-1-2-6-14-12)16-9-11-5-8-20(18,19)10-11/h1-3,6,11H,4-5,7-10H2,(H2,15,16,17)/t11-/m1/s1. The Balaban J connectivity index is 1.61. The highest BCUT2D eigenvalue weighted by Gasteiger charge is 2.27. The van der Waals surface area contributed by atoms with Crippen molar-refractivity contribution in [2.45, 2.75) is 12.8 Å². The van der Waals surface area contributed by atoms with Gasteiger partial charge in [0.15, 0.2) is 9.84 Å². The predicted octanol–water partition coefficient (Wildman–Crippen LogP) is 0.358. The Morgan fingerprint density at radius 2 is 2.20 bits per heavy atom. The maximum atomic E-state index is 11.6. The largest absolute Gasteiger partial charge is 0.338 e. The Morgan fingerprint density at radius 3 is 2.85 bits per heavy atom. The number of nitrogens with one attached hydrogen (secondary N) is 2. The van der Waals surface area contributed by atoms with Gasteiger partial charge in [0.25, 0.3) is 0 Å². The van der Waals surface area contributed by atoms with E-state index in [1.165, 1.54) is 0 Å². The molecule has 1 saturated heterocycles. The lowest BCUT2D eigenvalue weighted by Gasteiger charge is -2.10. The average molecular weight is 297 g/mol. The molecule has 1 atom stereocenters. The molecule has 1 aromatic rings. The van der Waals surface area contributed by atoms with Gasteiger partial charge in [-0.05, 0) is 24.5 Å². The fraction of sp³-hybridized carbons (Fsp3) is 0.538. The van der Waals surface area contributed by atoms with Crippen LogP contribution in [0.1, 0.15) is 12.1 Å². The van der Waals surface area contributed by atoms with Crippen LogP contribution in [0.2, 0.25) is 0 Å². The van der Waals surface area contributed by atoms with E-state index < -0.39 is 9.84 Å². The molecule has 6 nitrogen and oxygen atoms in total. The van der Waals surface area contributed by atoms with Crippen LogP contribution in [-0.2, 0) is 16.3 Å². The number of aromatic nitrogens is 1. The van der Waals surface area contributed by atoms with Crippen LogP contribution in [0.15, 0.2) is 24.4 Å². The van der Waals surface area contributed by atoms with E-state index in [2.05, 4.69) is 15.6 Å². The Morgan fingerprint density at radius 1 is 1.35 bits per heavy atom. The van der Waals surface area contributed by atoms with Crippen molar-refractivity contribution in [1.82, 2.24) is 15.6 Å². The third-order valence-electron chi connectivity index (χ3n) is 3.27. The smallest absolute Gasteiger partial charge is 0.314 e. The summed E-state index contributed by atoms with van der Waals surface area (Å²) >= 11 is 0. The summed E-state index contributed by atoms with van der Waals surface area (Å²) in [6, 6.07) is 5.40. The molecule has 2 amide bonds. The highest BCUT2D eigenvalue weighted by Crippen LogP contribution is 2.17. The van der Waals surface area contributed by atoms with Gasteiger partial charge in [0.1, 0.15) is 0 Å². The number of rotatable bonds is 5. The summed E-state index contributed by atoms with van der Waals surface area (Å²) in [5, 5.41) is 5.45. The zero-order chi connectivity index (χ0) is 14.4. The number of carbonyl (C=O) groups excluding carboxylic acids is 1. The number of carbonyl (C=O) groups is 1. The van der Waals surface area contributed by atoms with Crippen LogP contribution >= 0.6 is 0 Å². The number of hydrogen-bond donors (Lipinski definition) is 2. The van der Waals surface area contributed by atoms with Crippen LogP contribution < -0.4 is 10.6 Å². The SMILES string of the molecule is O=C(NCCc1ccccn1)NC[C@H]1CCS(=O)(=O)C1.